The van der Waals surface area contributed by atoms with Crippen molar-refractivity contribution < 1.29 is 9.32 Å². The van der Waals surface area contributed by atoms with Crippen LogP contribution in [-0.2, 0) is 11.2 Å². The predicted octanol–water partition coefficient (Wildman–Crippen LogP) is 2.21. The Morgan fingerprint density at radius 3 is 2.86 bits per heavy atom. The number of fused-ring (bicyclic) bond motifs is 1. The normalized spacial score (nSPS) is 25.7. The summed E-state index contributed by atoms with van der Waals surface area (Å²) in [6, 6.07) is 0.682. The molecule has 22 heavy (non-hydrogen) atoms. The summed E-state index contributed by atoms with van der Waals surface area (Å²) in [5.74, 6) is 1.45. The van der Waals surface area contributed by atoms with Crippen molar-refractivity contribution in [2.75, 3.05) is 19.6 Å². The molecule has 0 spiro atoms. The van der Waals surface area contributed by atoms with E-state index in [0.29, 0.717) is 18.4 Å². The molecule has 5 heteroatoms. The van der Waals surface area contributed by atoms with Crippen molar-refractivity contribution in [1.29, 1.82) is 0 Å². The lowest BCUT2D eigenvalue weighted by Gasteiger charge is -2.44. The second-order valence-electron chi connectivity index (χ2n) is 6.78. The van der Waals surface area contributed by atoms with E-state index in [1.165, 1.54) is 45.2 Å². The highest BCUT2D eigenvalue weighted by molar-refractivity contribution is 5.79. The molecule has 2 aliphatic heterocycles. The van der Waals surface area contributed by atoms with Crippen LogP contribution in [0.15, 0.2) is 4.52 Å². The standard InChI is InChI=1S/C17H27N3O2/c1-12-15(13(2)22-19-12)10-17(21)18-11-14-6-5-9-20-8-4-3-7-16(14)20/h14,16H,3-11H2,1-2H3,(H,18,21). The first-order valence-corrected chi connectivity index (χ1v) is 8.57. The van der Waals surface area contributed by atoms with E-state index in [0.717, 1.165) is 23.6 Å². The minimum Gasteiger partial charge on any atom is -0.361 e. The number of nitrogens with zero attached hydrogens (tertiary/aromatic N) is 2. The van der Waals surface area contributed by atoms with Crippen LogP contribution in [0.4, 0.5) is 0 Å². The van der Waals surface area contributed by atoms with Gasteiger partial charge < -0.3 is 14.7 Å². The van der Waals surface area contributed by atoms with Crippen molar-refractivity contribution in [3.8, 4) is 0 Å². The van der Waals surface area contributed by atoms with Crippen LogP contribution in [0.1, 0.15) is 49.1 Å². The number of amides is 1. The third-order valence-corrected chi connectivity index (χ3v) is 5.31. The lowest BCUT2D eigenvalue weighted by Crippen LogP contribution is -2.51. The molecule has 1 aromatic heterocycles. The molecule has 3 rings (SSSR count). The third-order valence-electron chi connectivity index (χ3n) is 5.31. The van der Waals surface area contributed by atoms with E-state index >= 15 is 0 Å². The minimum atomic E-state index is 0.0855. The number of rotatable bonds is 4. The molecule has 0 bridgehead atoms. The number of hydrogen-bond acceptors (Lipinski definition) is 4. The highest BCUT2D eigenvalue weighted by Gasteiger charge is 2.32. The molecule has 2 aliphatic rings. The van der Waals surface area contributed by atoms with E-state index in [2.05, 4.69) is 15.4 Å². The Balaban J connectivity index is 1.52. The van der Waals surface area contributed by atoms with Gasteiger partial charge in [-0.25, -0.2) is 0 Å². The third kappa shape index (κ3) is 3.35. The maximum atomic E-state index is 12.2. The molecule has 1 aromatic rings. The van der Waals surface area contributed by atoms with E-state index in [4.69, 9.17) is 4.52 Å². The molecule has 3 heterocycles. The fraction of sp³-hybridized carbons (Fsp3) is 0.765. The molecule has 0 aliphatic carbocycles. The first kappa shape index (κ1) is 15.5. The first-order chi connectivity index (χ1) is 10.6. The van der Waals surface area contributed by atoms with Gasteiger partial charge in [-0.15, -0.1) is 0 Å². The van der Waals surface area contributed by atoms with Crippen molar-refractivity contribution in [2.45, 2.75) is 58.4 Å². The number of aryl methyl sites for hydroxylation is 2. The van der Waals surface area contributed by atoms with E-state index in [1.54, 1.807) is 0 Å². The molecule has 2 atom stereocenters. The van der Waals surface area contributed by atoms with Crippen molar-refractivity contribution in [2.24, 2.45) is 5.92 Å². The van der Waals surface area contributed by atoms with Crippen LogP contribution >= 0.6 is 0 Å². The molecule has 2 saturated heterocycles. The van der Waals surface area contributed by atoms with E-state index in [1.807, 2.05) is 13.8 Å². The highest BCUT2D eigenvalue weighted by atomic mass is 16.5. The zero-order valence-corrected chi connectivity index (χ0v) is 13.7. The average molecular weight is 305 g/mol. The van der Waals surface area contributed by atoms with Crippen LogP contribution in [0.5, 0.6) is 0 Å². The molecular formula is C17H27N3O2. The van der Waals surface area contributed by atoms with Gasteiger partial charge in [-0.05, 0) is 58.5 Å². The van der Waals surface area contributed by atoms with Gasteiger partial charge in [-0.2, -0.15) is 0 Å². The largest absolute Gasteiger partial charge is 0.361 e. The van der Waals surface area contributed by atoms with Crippen molar-refractivity contribution in [3.05, 3.63) is 17.0 Å². The van der Waals surface area contributed by atoms with Gasteiger partial charge in [0.25, 0.3) is 0 Å². The van der Waals surface area contributed by atoms with Crippen LogP contribution in [0.3, 0.4) is 0 Å². The van der Waals surface area contributed by atoms with Crippen LogP contribution in [-0.4, -0.2) is 41.6 Å². The van der Waals surface area contributed by atoms with E-state index < -0.39 is 0 Å². The summed E-state index contributed by atoms with van der Waals surface area (Å²) in [5, 5.41) is 7.05. The van der Waals surface area contributed by atoms with Gasteiger partial charge in [0.1, 0.15) is 5.76 Å². The lowest BCUT2D eigenvalue weighted by atomic mass is 9.83. The summed E-state index contributed by atoms with van der Waals surface area (Å²) >= 11 is 0. The summed E-state index contributed by atoms with van der Waals surface area (Å²) in [7, 11) is 0. The Bertz CT molecular complexity index is 504. The van der Waals surface area contributed by atoms with Gasteiger partial charge in [-0.3, -0.25) is 4.79 Å². The molecule has 5 nitrogen and oxygen atoms in total. The van der Waals surface area contributed by atoms with Crippen molar-refractivity contribution in [1.82, 2.24) is 15.4 Å². The van der Waals surface area contributed by atoms with Gasteiger partial charge in [0.15, 0.2) is 0 Å². The summed E-state index contributed by atoms with van der Waals surface area (Å²) < 4.78 is 5.12. The molecule has 2 fully saturated rings. The Morgan fingerprint density at radius 1 is 1.27 bits per heavy atom. The molecular weight excluding hydrogens is 278 g/mol. The Morgan fingerprint density at radius 2 is 2.09 bits per heavy atom. The summed E-state index contributed by atoms with van der Waals surface area (Å²) in [6.45, 7) is 7.05. The molecule has 0 radical (unpaired) electrons. The van der Waals surface area contributed by atoms with Gasteiger partial charge >= 0.3 is 0 Å². The second-order valence-corrected chi connectivity index (χ2v) is 6.78. The Labute approximate surface area is 132 Å². The molecule has 0 saturated carbocycles. The second kappa shape index (κ2) is 6.82. The maximum Gasteiger partial charge on any atom is 0.224 e. The fourth-order valence-electron chi connectivity index (χ4n) is 4.04. The van der Waals surface area contributed by atoms with Crippen molar-refractivity contribution >= 4 is 5.91 Å². The fourth-order valence-corrected chi connectivity index (χ4v) is 4.04. The highest BCUT2D eigenvalue weighted by Crippen LogP contribution is 2.30. The Kier molecular flexibility index (Phi) is 4.81. The quantitative estimate of drug-likeness (QED) is 0.926. The minimum absolute atomic E-state index is 0.0855. The maximum absolute atomic E-state index is 12.2. The SMILES string of the molecule is Cc1noc(C)c1CC(=O)NCC1CCCN2CCCCC12. The van der Waals surface area contributed by atoms with Gasteiger partial charge in [0.05, 0.1) is 12.1 Å². The molecule has 1 N–H and O–H groups in total. The zero-order chi connectivity index (χ0) is 15.5. The monoisotopic (exact) mass is 305 g/mol. The van der Waals surface area contributed by atoms with Crippen molar-refractivity contribution in [3.63, 3.8) is 0 Å². The van der Waals surface area contributed by atoms with E-state index in [-0.39, 0.29) is 5.91 Å². The number of nitrogens with one attached hydrogen (secondary N) is 1. The number of carbonyl (C=O) groups is 1. The zero-order valence-electron chi connectivity index (χ0n) is 13.7. The smallest absolute Gasteiger partial charge is 0.224 e. The molecule has 1 amide bonds. The average Bonchev–Trinajstić information content (AvgIpc) is 2.85. The summed E-state index contributed by atoms with van der Waals surface area (Å²) in [6.07, 6.45) is 6.85. The van der Waals surface area contributed by atoms with Gasteiger partial charge in [-0.1, -0.05) is 11.6 Å². The van der Waals surface area contributed by atoms with E-state index in [9.17, 15) is 4.79 Å². The van der Waals surface area contributed by atoms with Crippen LogP contribution in [0.25, 0.3) is 0 Å². The van der Waals surface area contributed by atoms with Gasteiger partial charge in [0.2, 0.25) is 5.91 Å². The predicted molar refractivity (Wildman–Crippen MR) is 84.6 cm³/mol. The molecule has 122 valence electrons. The number of hydrogen-bond donors (Lipinski definition) is 1. The number of aromatic nitrogens is 1. The summed E-state index contributed by atoms with van der Waals surface area (Å²) in [4.78, 5) is 14.9. The first-order valence-electron chi connectivity index (χ1n) is 8.57. The summed E-state index contributed by atoms with van der Waals surface area (Å²) in [5.41, 5.74) is 1.75. The number of carbonyl (C=O) groups excluding carboxylic acids is 1. The van der Waals surface area contributed by atoms with Crippen LogP contribution in [0, 0.1) is 19.8 Å². The molecule has 2 unspecified atom stereocenters. The lowest BCUT2D eigenvalue weighted by molar-refractivity contribution is -0.120. The van der Waals surface area contributed by atoms with Gasteiger partial charge in [0, 0.05) is 18.2 Å². The van der Waals surface area contributed by atoms with Crippen LogP contribution in [0.2, 0.25) is 0 Å². The Hall–Kier alpha value is -1.36. The number of piperidine rings is 2. The van der Waals surface area contributed by atoms with Crippen LogP contribution < -0.4 is 5.32 Å². The molecule has 0 aromatic carbocycles. The topological polar surface area (TPSA) is 58.4 Å².